The van der Waals surface area contributed by atoms with E-state index in [2.05, 4.69) is 0 Å². The van der Waals surface area contributed by atoms with Gasteiger partial charge in [-0.25, -0.2) is 0 Å². The van der Waals surface area contributed by atoms with E-state index in [0.29, 0.717) is 12.2 Å². The molecule has 3 nitrogen and oxygen atoms in total. The molecule has 0 aliphatic rings. The third-order valence-electron chi connectivity index (χ3n) is 2.95. The quantitative estimate of drug-likeness (QED) is 0.640. The maximum atomic E-state index is 12.8. The molecule has 1 unspecified atom stereocenters. The van der Waals surface area contributed by atoms with Crippen LogP contribution in [-0.2, 0) is 0 Å². The summed E-state index contributed by atoms with van der Waals surface area (Å²) in [5.41, 5.74) is 6.80. The number of nitrogens with one attached hydrogen (secondary N) is 1. The second kappa shape index (κ2) is 5.95. The number of nitrogens with zero attached hydrogens (tertiary/aromatic N) is 1. The fourth-order valence-electron chi connectivity index (χ4n) is 1.77. The molecule has 0 aliphatic heterocycles. The fraction of sp³-hybridized carbons (Fsp3) is 0.462. The number of aryl methyl sites for hydroxylation is 1. The molecule has 0 heterocycles. The number of hydrogen-bond donors (Lipinski definition) is 2. The maximum absolute atomic E-state index is 12.8. The molecular formula is C13H18F3N3. The first-order chi connectivity index (χ1) is 8.75. The van der Waals surface area contributed by atoms with Crippen LogP contribution in [-0.4, -0.2) is 25.1 Å². The molecule has 19 heavy (non-hydrogen) atoms. The first-order valence-corrected chi connectivity index (χ1v) is 5.98. The van der Waals surface area contributed by atoms with Crippen molar-refractivity contribution >= 4 is 11.5 Å². The van der Waals surface area contributed by atoms with Crippen molar-refractivity contribution in [3.63, 3.8) is 0 Å². The van der Waals surface area contributed by atoms with E-state index in [-0.39, 0.29) is 6.54 Å². The third-order valence-corrected chi connectivity index (χ3v) is 2.95. The Morgan fingerprint density at radius 1 is 1.32 bits per heavy atom. The third kappa shape index (κ3) is 4.15. The Balaban J connectivity index is 2.92. The van der Waals surface area contributed by atoms with Crippen molar-refractivity contribution in [2.24, 2.45) is 11.7 Å². The Labute approximate surface area is 110 Å². The molecule has 0 bridgehead atoms. The molecule has 1 aromatic rings. The van der Waals surface area contributed by atoms with Gasteiger partial charge in [-0.1, -0.05) is 17.7 Å². The lowest BCUT2D eigenvalue weighted by Gasteiger charge is -2.29. The van der Waals surface area contributed by atoms with Crippen molar-refractivity contribution in [1.29, 1.82) is 5.41 Å². The minimum absolute atomic E-state index is 0.335. The molecular weight excluding hydrogens is 255 g/mol. The summed E-state index contributed by atoms with van der Waals surface area (Å²) in [5.74, 6) is -2.79. The smallest absolute Gasteiger partial charge is 0.387 e. The topological polar surface area (TPSA) is 53.1 Å². The second-order valence-electron chi connectivity index (χ2n) is 4.42. The summed E-state index contributed by atoms with van der Waals surface area (Å²) >= 11 is 0. The zero-order chi connectivity index (χ0) is 14.6. The summed E-state index contributed by atoms with van der Waals surface area (Å²) in [6, 6.07) is 7.22. The molecule has 0 aliphatic carbocycles. The van der Waals surface area contributed by atoms with Gasteiger partial charge in [0.1, 0.15) is 11.8 Å². The van der Waals surface area contributed by atoms with E-state index in [9.17, 15) is 13.2 Å². The Bertz CT molecular complexity index is 426. The van der Waals surface area contributed by atoms with Gasteiger partial charge in [-0.05, 0) is 26.0 Å². The molecule has 0 aromatic heterocycles. The normalized spacial score (nSPS) is 13.1. The first kappa shape index (κ1) is 15.3. The number of alkyl halides is 3. The molecule has 0 radical (unpaired) electrons. The average Bonchev–Trinajstić information content (AvgIpc) is 2.30. The van der Waals surface area contributed by atoms with Crippen LogP contribution in [0, 0.1) is 18.3 Å². The fourth-order valence-corrected chi connectivity index (χ4v) is 1.77. The lowest BCUT2D eigenvalue weighted by Crippen LogP contribution is -2.44. The monoisotopic (exact) mass is 273 g/mol. The Hall–Kier alpha value is -1.72. The summed E-state index contributed by atoms with van der Waals surface area (Å²) in [6.07, 6.45) is -4.50. The van der Waals surface area contributed by atoms with Gasteiger partial charge >= 0.3 is 6.18 Å². The highest BCUT2D eigenvalue weighted by Gasteiger charge is 2.42. The van der Waals surface area contributed by atoms with Gasteiger partial charge in [0.25, 0.3) is 0 Å². The number of halogens is 3. The van der Waals surface area contributed by atoms with E-state index in [0.717, 1.165) is 5.56 Å². The van der Waals surface area contributed by atoms with Crippen LogP contribution in [0.4, 0.5) is 18.9 Å². The molecule has 106 valence electrons. The number of rotatable bonds is 5. The van der Waals surface area contributed by atoms with Gasteiger partial charge in [0.05, 0.1) is 0 Å². The highest BCUT2D eigenvalue weighted by molar-refractivity contribution is 5.81. The number of benzene rings is 1. The van der Waals surface area contributed by atoms with Crippen molar-refractivity contribution in [3.05, 3.63) is 29.8 Å². The van der Waals surface area contributed by atoms with Crippen LogP contribution in [0.1, 0.15) is 12.5 Å². The van der Waals surface area contributed by atoms with Crippen LogP contribution < -0.4 is 10.6 Å². The van der Waals surface area contributed by atoms with Gasteiger partial charge in [0.15, 0.2) is 0 Å². The van der Waals surface area contributed by atoms with Gasteiger partial charge in [-0.3, -0.25) is 5.41 Å². The molecule has 0 fully saturated rings. The van der Waals surface area contributed by atoms with E-state index in [1.165, 1.54) is 0 Å². The van der Waals surface area contributed by atoms with Crippen LogP contribution in [0.25, 0.3) is 0 Å². The zero-order valence-corrected chi connectivity index (χ0v) is 11.0. The molecule has 1 rings (SSSR count). The number of hydrogen-bond acceptors (Lipinski definition) is 2. The van der Waals surface area contributed by atoms with E-state index in [4.69, 9.17) is 11.1 Å². The minimum Gasteiger partial charge on any atom is -0.387 e. The first-order valence-electron chi connectivity index (χ1n) is 5.98. The number of anilines is 1. The van der Waals surface area contributed by atoms with Gasteiger partial charge in [-0.2, -0.15) is 13.2 Å². The summed E-state index contributed by atoms with van der Waals surface area (Å²) in [4.78, 5) is 1.57. The van der Waals surface area contributed by atoms with Crippen LogP contribution in [0.2, 0.25) is 0 Å². The van der Waals surface area contributed by atoms with E-state index in [1.807, 2.05) is 19.1 Å². The standard InChI is InChI=1S/C13H18F3N3/c1-3-19(10-6-4-9(2)5-7-10)8-11(12(17)18)13(14,15)16/h4-7,11H,3,8H2,1-2H3,(H3,17,18). The predicted octanol–water partition coefficient (Wildman–Crippen LogP) is 2.94. The van der Waals surface area contributed by atoms with E-state index >= 15 is 0 Å². The van der Waals surface area contributed by atoms with Crippen molar-refractivity contribution in [1.82, 2.24) is 0 Å². The Morgan fingerprint density at radius 2 is 1.84 bits per heavy atom. The Kier molecular flexibility index (Phi) is 4.80. The highest BCUT2D eigenvalue weighted by Crippen LogP contribution is 2.28. The van der Waals surface area contributed by atoms with Crippen molar-refractivity contribution < 1.29 is 13.2 Å². The van der Waals surface area contributed by atoms with Crippen molar-refractivity contribution in [3.8, 4) is 0 Å². The molecule has 3 N–H and O–H groups in total. The SMILES string of the molecule is CCN(CC(C(=N)N)C(F)(F)F)c1ccc(C)cc1. The zero-order valence-electron chi connectivity index (χ0n) is 11.0. The molecule has 0 amide bonds. The largest absolute Gasteiger partial charge is 0.400 e. The van der Waals surface area contributed by atoms with Crippen LogP contribution in [0.5, 0.6) is 0 Å². The summed E-state index contributed by atoms with van der Waals surface area (Å²) < 4.78 is 38.4. The maximum Gasteiger partial charge on any atom is 0.400 e. The van der Waals surface area contributed by atoms with Crippen LogP contribution >= 0.6 is 0 Å². The molecule has 0 saturated carbocycles. The van der Waals surface area contributed by atoms with Crippen LogP contribution in [0.3, 0.4) is 0 Å². The number of amidine groups is 1. The van der Waals surface area contributed by atoms with Crippen molar-refractivity contribution in [2.45, 2.75) is 20.0 Å². The molecule has 6 heteroatoms. The summed E-state index contributed by atoms with van der Waals surface area (Å²) in [6.45, 7) is 3.77. The van der Waals surface area contributed by atoms with Crippen molar-refractivity contribution in [2.75, 3.05) is 18.0 Å². The van der Waals surface area contributed by atoms with Gasteiger partial charge in [0.2, 0.25) is 0 Å². The molecule has 1 atom stereocenters. The van der Waals surface area contributed by atoms with Gasteiger partial charge in [0, 0.05) is 18.8 Å². The number of nitrogens with two attached hydrogens (primary N) is 1. The molecule has 0 spiro atoms. The summed E-state index contributed by atoms with van der Waals surface area (Å²) in [5, 5.41) is 7.10. The molecule has 0 saturated heterocycles. The average molecular weight is 273 g/mol. The minimum atomic E-state index is -4.50. The summed E-state index contributed by atoms with van der Waals surface area (Å²) in [7, 11) is 0. The predicted molar refractivity (Wildman–Crippen MR) is 70.5 cm³/mol. The van der Waals surface area contributed by atoms with E-state index < -0.39 is 17.9 Å². The second-order valence-corrected chi connectivity index (χ2v) is 4.42. The lowest BCUT2D eigenvalue weighted by molar-refractivity contribution is -0.153. The highest BCUT2D eigenvalue weighted by atomic mass is 19.4. The van der Waals surface area contributed by atoms with Crippen LogP contribution in [0.15, 0.2) is 24.3 Å². The molecule has 1 aromatic carbocycles. The van der Waals surface area contributed by atoms with E-state index in [1.54, 1.807) is 24.0 Å². The van der Waals surface area contributed by atoms with Gasteiger partial charge < -0.3 is 10.6 Å². The van der Waals surface area contributed by atoms with Gasteiger partial charge in [-0.15, -0.1) is 0 Å². The lowest BCUT2D eigenvalue weighted by atomic mass is 10.1. The Morgan fingerprint density at radius 3 is 2.21 bits per heavy atom.